The van der Waals surface area contributed by atoms with Crippen LogP contribution in [0.4, 0.5) is 10.5 Å². The van der Waals surface area contributed by atoms with E-state index in [9.17, 15) is 9.59 Å². The molecule has 3 aromatic carbocycles. The van der Waals surface area contributed by atoms with Crippen molar-refractivity contribution < 1.29 is 19.1 Å². The number of thioether (sulfide) groups is 1. The van der Waals surface area contributed by atoms with Gasteiger partial charge >= 0.3 is 0 Å². The minimum Gasteiger partial charge on any atom is -0.490 e. The summed E-state index contributed by atoms with van der Waals surface area (Å²) >= 11 is 19.0. The second-order valence-electron chi connectivity index (χ2n) is 7.96. The predicted molar refractivity (Wildman–Crippen MR) is 152 cm³/mol. The molecule has 0 radical (unpaired) electrons. The molecule has 1 aliphatic heterocycles. The Bertz CT molecular complexity index is 1390. The molecule has 2 amide bonds. The zero-order valence-corrected chi connectivity index (χ0v) is 22.9. The Morgan fingerprint density at radius 1 is 0.973 bits per heavy atom. The number of hydrogen-bond donors (Lipinski definition) is 0. The highest BCUT2D eigenvalue weighted by molar-refractivity contribution is 8.19. The van der Waals surface area contributed by atoms with Crippen molar-refractivity contribution in [3.8, 4) is 11.5 Å². The second-order valence-corrected chi connectivity index (χ2v) is 10.2. The first-order chi connectivity index (χ1) is 17.8. The molecular weight excluding hydrogens is 553 g/mol. The van der Waals surface area contributed by atoms with Crippen molar-refractivity contribution in [2.24, 2.45) is 0 Å². The molecule has 37 heavy (non-hydrogen) atoms. The van der Waals surface area contributed by atoms with Crippen LogP contribution in [0.2, 0.25) is 15.1 Å². The molecule has 0 atom stereocenters. The lowest BCUT2D eigenvalue weighted by molar-refractivity contribution is -0.113. The highest BCUT2D eigenvalue weighted by Crippen LogP contribution is 2.39. The fourth-order valence-electron chi connectivity index (χ4n) is 3.72. The van der Waals surface area contributed by atoms with Gasteiger partial charge in [0.15, 0.2) is 11.5 Å². The lowest BCUT2D eigenvalue weighted by Crippen LogP contribution is -2.27. The van der Waals surface area contributed by atoms with Crippen molar-refractivity contribution in [1.82, 2.24) is 0 Å². The number of imide groups is 1. The van der Waals surface area contributed by atoms with E-state index in [1.165, 1.54) is 0 Å². The van der Waals surface area contributed by atoms with Crippen molar-refractivity contribution in [3.05, 3.63) is 104 Å². The third kappa shape index (κ3) is 6.33. The van der Waals surface area contributed by atoms with Crippen LogP contribution in [0, 0.1) is 0 Å². The van der Waals surface area contributed by atoms with Gasteiger partial charge in [0, 0.05) is 10.6 Å². The van der Waals surface area contributed by atoms with Gasteiger partial charge in [-0.3, -0.25) is 9.59 Å². The molecule has 0 bridgehead atoms. The molecule has 0 aliphatic carbocycles. The zero-order chi connectivity index (χ0) is 26.5. The summed E-state index contributed by atoms with van der Waals surface area (Å²) in [7, 11) is 0. The van der Waals surface area contributed by atoms with Crippen LogP contribution in [0.15, 0.2) is 72.2 Å². The molecule has 5 nitrogen and oxygen atoms in total. The molecule has 9 heteroatoms. The van der Waals surface area contributed by atoms with Crippen molar-refractivity contribution in [3.63, 3.8) is 0 Å². The number of carbonyl (C=O) groups excluding carboxylic acids is 2. The minimum absolute atomic E-state index is 0.250. The van der Waals surface area contributed by atoms with E-state index in [1.807, 2.05) is 19.1 Å². The number of ether oxygens (including phenoxy) is 2. The first-order valence-corrected chi connectivity index (χ1v) is 13.3. The molecule has 0 spiro atoms. The fraction of sp³-hybridized carbons (Fsp3) is 0.143. The summed E-state index contributed by atoms with van der Waals surface area (Å²) in [6, 6.07) is 15.5. The van der Waals surface area contributed by atoms with Crippen molar-refractivity contribution in [2.45, 2.75) is 20.0 Å². The number of anilines is 1. The third-order valence-corrected chi connectivity index (χ3v) is 7.22. The first-order valence-electron chi connectivity index (χ1n) is 11.3. The van der Waals surface area contributed by atoms with Crippen LogP contribution >= 0.6 is 46.6 Å². The average Bonchev–Trinajstić information content (AvgIpc) is 3.14. The van der Waals surface area contributed by atoms with Gasteiger partial charge in [0.05, 0.1) is 27.2 Å². The number of nitrogens with zero attached hydrogens (tertiary/aromatic N) is 1. The summed E-state index contributed by atoms with van der Waals surface area (Å²) in [4.78, 5) is 27.2. The van der Waals surface area contributed by atoms with Gasteiger partial charge in [-0.25, -0.2) is 4.90 Å². The summed E-state index contributed by atoms with van der Waals surface area (Å²) in [6.45, 7) is 6.39. The predicted octanol–water partition coefficient (Wildman–Crippen LogP) is 8.59. The quantitative estimate of drug-likeness (QED) is 0.189. The Hall–Kier alpha value is -2.90. The van der Waals surface area contributed by atoms with Crippen LogP contribution in [-0.2, 0) is 17.8 Å². The Kier molecular flexibility index (Phi) is 8.87. The summed E-state index contributed by atoms with van der Waals surface area (Å²) in [5.41, 5.74) is 2.83. The zero-order valence-electron chi connectivity index (χ0n) is 19.8. The Labute approximate surface area is 234 Å². The average molecular weight is 575 g/mol. The standard InChI is InChI=1S/C28H22Cl3NO4S/c1-3-5-19-12-18(15-25-27(33)32(28(34)37-25)21-9-7-20(29)8-10-21)14-24(35-4-2)26(19)36-16-17-6-11-22(30)23(31)13-17/h3,6-15H,1,4-5,16H2,2H3/b25-15+. The topological polar surface area (TPSA) is 55.8 Å². The second kappa shape index (κ2) is 12.1. The van der Waals surface area contributed by atoms with Gasteiger partial charge in [0.2, 0.25) is 0 Å². The maximum atomic E-state index is 13.1. The van der Waals surface area contributed by atoms with Crippen molar-refractivity contribution in [2.75, 3.05) is 11.5 Å². The van der Waals surface area contributed by atoms with E-state index >= 15 is 0 Å². The number of rotatable bonds is 9. The summed E-state index contributed by atoms with van der Waals surface area (Å²) in [5, 5.41) is 1.06. The normalized spacial score (nSPS) is 14.4. The number of carbonyl (C=O) groups is 2. The molecule has 0 N–H and O–H groups in total. The summed E-state index contributed by atoms with van der Waals surface area (Å²) in [6.07, 6.45) is 3.94. The van der Waals surface area contributed by atoms with Gasteiger partial charge in [-0.15, -0.1) is 6.58 Å². The first kappa shape index (κ1) is 27.1. The Balaban J connectivity index is 1.65. The largest absolute Gasteiger partial charge is 0.490 e. The molecule has 1 heterocycles. The summed E-state index contributed by atoms with van der Waals surface area (Å²) < 4.78 is 12.1. The molecule has 190 valence electrons. The van der Waals surface area contributed by atoms with Crippen LogP contribution in [0.25, 0.3) is 6.08 Å². The molecule has 3 aromatic rings. The third-order valence-electron chi connectivity index (χ3n) is 5.36. The van der Waals surface area contributed by atoms with Gasteiger partial charge in [-0.1, -0.05) is 46.9 Å². The number of benzene rings is 3. The number of halogens is 3. The van der Waals surface area contributed by atoms with Gasteiger partial charge < -0.3 is 9.47 Å². The van der Waals surface area contributed by atoms with Crippen LogP contribution in [0.1, 0.15) is 23.6 Å². The van der Waals surface area contributed by atoms with Crippen LogP contribution in [0.5, 0.6) is 11.5 Å². The maximum absolute atomic E-state index is 13.1. The lowest BCUT2D eigenvalue weighted by atomic mass is 10.0. The van der Waals surface area contributed by atoms with E-state index in [0.717, 1.165) is 27.8 Å². The monoisotopic (exact) mass is 573 g/mol. The number of hydrogen-bond acceptors (Lipinski definition) is 5. The molecule has 0 aromatic heterocycles. The molecular formula is C28H22Cl3NO4S. The SMILES string of the molecule is C=CCc1cc(/C=C2/SC(=O)N(c3ccc(Cl)cc3)C2=O)cc(OCC)c1OCc1ccc(Cl)c(Cl)c1. The highest BCUT2D eigenvalue weighted by atomic mass is 35.5. The molecule has 1 fully saturated rings. The van der Waals surface area contributed by atoms with Crippen molar-refractivity contribution in [1.29, 1.82) is 0 Å². The Morgan fingerprint density at radius 3 is 2.41 bits per heavy atom. The minimum atomic E-state index is -0.402. The molecule has 0 unspecified atom stereocenters. The summed E-state index contributed by atoms with van der Waals surface area (Å²) in [5.74, 6) is 0.685. The number of allylic oxidation sites excluding steroid dienone is 1. The molecule has 1 saturated heterocycles. The van der Waals surface area contributed by atoms with Gasteiger partial charge in [-0.2, -0.15) is 0 Å². The van der Waals surface area contributed by atoms with Gasteiger partial charge in [0.1, 0.15) is 6.61 Å². The van der Waals surface area contributed by atoms with Crippen LogP contribution in [-0.4, -0.2) is 17.8 Å². The number of amides is 2. The smallest absolute Gasteiger partial charge is 0.298 e. The van der Waals surface area contributed by atoms with Gasteiger partial charge in [0.25, 0.3) is 11.1 Å². The molecule has 0 saturated carbocycles. The maximum Gasteiger partial charge on any atom is 0.298 e. The molecule has 4 rings (SSSR count). The van der Waals surface area contributed by atoms with E-state index in [4.69, 9.17) is 44.3 Å². The van der Waals surface area contributed by atoms with Gasteiger partial charge in [-0.05, 0) is 90.8 Å². The van der Waals surface area contributed by atoms with Crippen LogP contribution in [0.3, 0.4) is 0 Å². The van der Waals surface area contributed by atoms with E-state index in [0.29, 0.717) is 55.8 Å². The van der Waals surface area contributed by atoms with E-state index in [1.54, 1.807) is 54.6 Å². The Morgan fingerprint density at radius 2 is 1.73 bits per heavy atom. The molecule has 1 aliphatic rings. The van der Waals surface area contributed by atoms with Crippen molar-refractivity contribution >= 4 is 69.5 Å². The van der Waals surface area contributed by atoms with E-state index in [2.05, 4.69) is 6.58 Å². The van der Waals surface area contributed by atoms with Crippen LogP contribution < -0.4 is 14.4 Å². The van der Waals surface area contributed by atoms with E-state index in [-0.39, 0.29) is 11.8 Å². The fourth-order valence-corrected chi connectivity index (χ4v) is 5.01. The van der Waals surface area contributed by atoms with E-state index < -0.39 is 5.91 Å². The highest BCUT2D eigenvalue weighted by Gasteiger charge is 2.36. The lowest BCUT2D eigenvalue weighted by Gasteiger charge is -2.17.